The number of ether oxygens (including phenoxy) is 2. The van der Waals surface area contributed by atoms with Gasteiger partial charge in [-0.1, -0.05) is 49.8 Å². The van der Waals surface area contributed by atoms with E-state index in [1.807, 2.05) is 60.7 Å². The van der Waals surface area contributed by atoms with Gasteiger partial charge in [-0.05, 0) is 74.2 Å². The molecule has 1 unspecified atom stereocenters. The van der Waals surface area contributed by atoms with Crippen molar-refractivity contribution in [1.82, 2.24) is 0 Å². The van der Waals surface area contributed by atoms with Gasteiger partial charge in [-0.2, -0.15) is 15.8 Å². The number of aliphatic hydroxyl groups excluding tert-OH is 1. The Morgan fingerprint density at radius 2 is 1.46 bits per heavy atom. The lowest BCUT2D eigenvalue weighted by Gasteiger charge is -2.28. The monoisotopic (exact) mass is 796 g/mol. The minimum Gasteiger partial charge on any atom is -0.488 e. The number of thiophene rings is 1. The summed E-state index contributed by atoms with van der Waals surface area (Å²) in [4.78, 5) is 3.64. The van der Waals surface area contributed by atoms with Crippen molar-refractivity contribution in [2.45, 2.75) is 51.7 Å². The van der Waals surface area contributed by atoms with E-state index in [-0.39, 0.29) is 12.2 Å². The number of halogens is 5. The van der Waals surface area contributed by atoms with E-state index in [4.69, 9.17) is 9.47 Å². The largest absolute Gasteiger partial charge is 0.488 e. The van der Waals surface area contributed by atoms with Crippen LogP contribution in [0.1, 0.15) is 66.0 Å². The topological polar surface area (TPSA) is 113 Å². The van der Waals surface area contributed by atoms with Crippen molar-refractivity contribution in [3.63, 3.8) is 0 Å². The van der Waals surface area contributed by atoms with Crippen LogP contribution in [0.25, 0.3) is 18.2 Å². The number of rotatable bonds is 16. The molecule has 0 bridgehead atoms. The summed E-state index contributed by atoms with van der Waals surface area (Å²) in [7, 11) is 0. The summed E-state index contributed by atoms with van der Waals surface area (Å²) in [6, 6.07) is 24.2. The van der Waals surface area contributed by atoms with Crippen molar-refractivity contribution in [2.75, 3.05) is 24.6 Å². The standard InChI is InChI=1S/C44H37F5N4O3S/c1-3-4-20-53(21-8-9-22-54)31-14-12-29(36(23-31)55-27-28-10-6-5-7-11-28)13-15-32-16-17-33(57-32)18-19-35-34(26-52)43(30(24-50)25-51)56-44(35,2)37-38(45)40(47)42(49)41(48)39(37)46/h5-7,10-19,23,54H,3-4,8-9,20-22,27H2,1-2H3/b15-13+,19-18+. The lowest BCUT2D eigenvalue weighted by Crippen LogP contribution is -2.28. The van der Waals surface area contributed by atoms with Gasteiger partial charge in [-0.15, -0.1) is 11.3 Å². The molecule has 13 heteroatoms. The van der Waals surface area contributed by atoms with Gasteiger partial charge in [0.25, 0.3) is 0 Å². The maximum Gasteiger partial charge on any atom is 0.200 e. The molecule has 0 spiro atoms. The predicted octanol–water partition coefficient (Wildman–Crippen LogP) is 10.7. The lowest BCUT2D eigenvalue weighted by atomic mass is 9.85. The number of hydrogen-bond acceptors (Lipinski definition) is 8. The highest BCUT2D eigenvalue weighted by Gasteiger charge is 2.49. The van der Waals surface area contributed by atoms with Gasteiger partial charge in [0.2, 0.25) is 5.82 Å². The molecule has 0 radical (unpaired) electrons. The second-order valence-corrected chi connectivity index (χ2v) is 14.2. The lowest BCUT2D eigenvalue weighted by molar-refractivity contribution is 0.0660. The van der Waals surface area contributed by atoms with Gasteiger partial charge >= 0.3 is 0 Å². The van der Waals surface area contributed by atoms with Crippen LogP contribution in [0, 0.1) is 63.1 Å². The van der Waals surface area contributed by atoms with Crippen LogP contribution >= 0.6 is 11.3 Å². The molecule has 57 heavy (non-hydrogen) atoms. The van der Waals surface area contributed by atoms with Crippen molar-refractivity contribution < 1.29 is 36.5 Å². The van der Waals surface area contributed by atoms with Crippen LogP contribution in [0.3, 0.4) is 0 Å². The molecule has 292 valence electrons. The fraction of sp³-hybridized carbons (Fsp3) is 0.250. The Hall–Kier alpha value is -6.20. The first kappa shape index (κ1) is 42.0. The molecule has 0 aliphatic carbocycles. The third-order valence-electron chi connectivity index (χ3n) is 9.27. The summed E-state index contributed by atoms with van der Waals surface area (Å²) in [6.45, 7) is 5.24. The average molecular weight is 797 g/mol. The highest BCUT2D eigenvalue weighted by molar-refractivity contribution is 7.13. The number of nitriles is 3. The maximum absolute atomic E-state index is 15.2. The van der Waals surface area contributed by atoms with Crippen LogP contribution in [-0.4, -0.2) is 24.8 Å². The van der Waals surface area contributed by atoms with Crippen LogP contribution in [0.5, 0.6) is 5.75 Å². The number of benzene rings is 3. The minimum atomic E-state index is -2.51. The minimum absolute atomic E-state index is 0.131. The summed E-state index contributed by atoms with van der Waals surface area (Å²) in [5.41, 5.74) is -2.64. The third kappa shape index (κ3) is 9.27. The number of anilines is 1. The van der Waals surface area contributed by atoms with Crippen molar-refractivity contribution >= 4 is 35.3 Å². The summed E-state index contributed by atoms with van der Waals surface area (Å²) in [5.74, 6) is -11.2. The van der Waals surface area contributed by atoms with E-state index in [0.29, 0.717) is 23.7 Å². The van der Waals surface area contributed by atoms with Crippen LogP contribution in [0.15, 0.2) is 89.2 Å². The van der Waals surface area contributed by atoms with Crippen molar-refractivity contribution in [1.29, 1.82) is 15.8 Å². The summed E-state index contributed by atoms with van der Waals surface area (Å²) in [5, 5.41) is 38.4. The molecule has 7 nitrogen and oxygen atoms in total. The Kier molecular flexibility index (Phi) is 14.1. The summed E-state index contributed by atoms with van der Waals surface area (Å²) in [6.07, 6.45) is 10.0. The van der Waals surface area contributed by atoms with Gasteiger partial charge in [0.1, 0.15) is 36.1 Å². The number of allylic oxidation sites excluding steroid dienone is 2. The molecule has 3 aromatic carbocycles. The van der Waals surface area contributed by atoms with Crippen molar-refractivity contribution in [2.24, 2.45) is 0 Å². The first-order valence-corrected chi connectivity index (χ1v) is 18.9. The van der Waals surface area contributed by atoms with E-state index in [1.54, 1.807) is 30.3 Å². The fourth-order valence-corrected chi connectivity index (χ4v) is 7.09. The van der Waals surface area contributed by atoms with Crippen LogP contribution in [0.4, 0.5) is 27.6 Å². The highest BCUT2D eigenvalue weighted by atomic mass is 32.1. The van der Waals surface area contributed by atoms with E-state index in [1.165, 1.54) is 23.5 Å². The molecule has 1 aromatic heterocycles. The van der Waals surface area contributed by atoms with E-state index >= 15 is 8.78 Å². The Morgan fingerprint density at radius 1 is 0.825 bits per heavy atom. The van der Waals surface area contributed by atoms with Gasteiger partial charge in [-0.3, -0.25) is 0 Å². The van der Waals surface area contributed by atoms with Crippen LogP contribution in [-0.2, 0) is 16.9 Å². The van der Waals surface area contributed by atoms with Gasteiger partial charge in [0, 0.05) is 52.3 Å². The van der Waals surface area contributed by atoms with Crippen LogP contribution in [0.2, 0.25) is 0 Å². The van der Waals surface area contributed by atoms with E-state index in [0.717, 1.165) is 61.0 Å². The number of nitrogens with zero attached hydrogens (tertiary/aromatic N) is 4. The zero-order chi connectivity index (χ0) is 41.1. The molecule has 1 atom stereocenters. The van der Waals surface area contributed by atoms with Crippen LogP contribution < -0.4 is 9.64 Å². The third-order valence-corrected chi connectivity index (χ3v) is 10.3. The molecular weight excluding hydrogens is 760 g/mol. The zero-order valence-electron chi connectivity index (χ0n) is 31.1. The highest BCUT2D eigenvalue weighted by Crippen LogP contribution is 2.49. The van der Waals surface area contributed by atoms with Gasteiger partial charge in [0.05, 0.1) is 5.56 Å². The molecule has 0 saturated carbocycles. The van der Waals surface area contributed by atoms with Gasteiger partial charge in [-0.25, -0.2) is 22.0 Å². The van der Waals surface area contributed by atoms with Gasteiger partial charge in [0.15, 0.2) is 40.2 Å². The first-order valence-electron chi connectivity index (χ1n) is 18.0. The van der Waals surface area contributed by atoms with E-state index in [9.17, 15) is 34.1 Å². The van der Waals surface area contributed by atoms with Gasteiger partial charge < -0.3 is 19.5 Å². The average Bonchev–Trinajstić information content (AvgIpc) is 3.80. The molecule has 1 aliphatic rings. The molecular formula is C44H37F5N4O3S. The zero-order valence-corrected chi connectivity index (χ0v) is 31.9. The molecule has 2 heterocycles. The number of unbranched alkanes of at least 4 members (excludes halogenated alkanes) is 2. The Balaban J connectivity index is 1.49. The molecule has 4 aromatic rings. The fourth-order valence-electron chi connectivity index (χ4n) is 6.27. The summed E-state index contributed by atoms with van der Waals surface area (Å²) >= 11 is 1.29. The SMILES string of the molecule is CCCCN(CCCCO)c1ccc(/C=C/c2ccc(/C=C/C3=C(C#N)C(=C(C#N)C#N)OC3(C)c3c(F)c(F)c(F)c(F)c3F)s2)c(OCc2ccccc2)c1. The number of aliphatic hydroxyl groups is 1. The molecule has 0 fully saturated rings. The Labute approximate surface area is 331 Å². The molecule has 1 aliphatic heterocycles. The predicted molar refractivity (Wildman–Crippen MR) is 208 cm³/mol. The van der Waals surface area contributed by atoms with E-state index in [2.05, 4.69) is 11.8 Å². The quantitative estimate of drug-likeness (QED) is 0.0395. The molecule has 0 saturated heterocycles. The van der Waals surface area contributed by atoms with Crippen molar-refractivity contribution in [3.05, 3.63) is 145 Å². The van der Waals surface area contributed by atoms with E-state index < -0.39 is 57.2 Å². The second-order valence-electron chi connectivity index (χ2n) is 13.1. The normalized spacial score (nSPS) is 15.1. The molecule has 1 N–H and O–H groups in total. The summed E-state index contributed by atoms with van der Waals surface area (Å²) < 4.78 is 85.3. The number of hydrogen-bond donors (Lipinski definition) is 1. The smallest absolute Gasteiger partial charge is 0.200 e. The second kappa shape index (κ2) is 19.1. The Bertz CT molecular complexity index is 2320. The van der Waals surface area contributed by atoms with Crippen molar-refractivity contribution in [3.8, 4) is 24.0 Å². The Morgan fingerprint density at radius 3 is 2.07 bits per heavy atom. The molecule has 0 amide bonds. The first-order chi connectivity index (χ1) is 27.5. The maximum atomic E-state index is 15.2. The molecule has 5 rings (SSSR count).